The van der Waals surface area contributed by atoms with E-state index in [4.69, 9.17) is 0 Å². The van der Waals surface area contributed by atoms with E-state index >= 15 is 0 Å². The molecule has 0 unspecified atom stereocenters. The van der Waals surface area contributed by atoms with E-state index in [9.17, 15) is 9.90 Å². The summed E-state index contributed by atoms with van der Waals surface area (Å²) in [5.41, 5.74) is 1.92. The van der Waals surface area contributed by atoms with E-state index in [2.05, 4.69) is 10.00 Å². The molecule has 0 bridgehead atoms. The largest absolute Gasteiger partial charge is 0.389 e. The Morgan fingerprint density at radius 1 is 1.35 bits per heavy atom. The maximum atomic E-state index is 12.6. The smallest absolute Gasteiger partial charge is 0.244 e. The minimum Gasteiger partial charge on any atom is -0.389 e. The quantitative estimate of drug-likeness (QED) is 0.897. The molecule has 6 nitrogen and oxygen atoms in total. The molecule has 1 aromatic heterocycles. The predicted molar refractivity (Wildman–Crippen MR) is 88.1 cm³/mol. The Kier molecular flexibility index (Phi) is 4.73. The lowest BCUT2D eigenvalue weighted by molar-refractivity contribution is -0.135. The molecular formula is C17H28N4O2. The van der Waals surface area contributed by atoms with Crippen LogP contribution < -0.4 is 0 Å². The van der Waals surface area contributed by atoms with Crippen molar-refractivity contribution in [3.63, 3.8) is 0 Å². The molecule has 1 N–H and O–H groups in total. The SMILES string of the molecule is Cc1cc(C)n(CC(=O)N(C)[C@@H]2CC[C@@H](N3CCCC3)[C@@H]2O)n1. The zero-order chi connectivity index (χ0) is 16.6. The summed E-state index contributed by atoms with van der Waals surface area (Å²) in [5, 5.41) is 15.0. The Labute approximate surface area is 138 Å². The van der Waals surface area contributed by atoms with Gasteiger partial charge in [0.25, 0.3) is 0 Å². The third-order valence-electron chi connectivity index (χ3n) is 5.44. The van der Waals surface area contributed by atoms with E-state index in [-0.39, 0.29) is 24.5 Å². The third-order valence-corrected chi connectivity index (χ3v) is 5.44. The van der Waals surface area contributed by atoms with Gasteiger partial charge in [0.05, 0.1) is 17.8 Å². The van der Waals surface area contributed by atoms with E-state index in [1.807, 2.05) is 27.0 Å². The molecule has 0 radical (unpaired) electrons. The van der Waals surface area contributed by atoms with Gasteiger partial charge in [0, 0.05) is 18.8 Å². The number of aliphatic hydroxyl groups excluding tert-OH is 1. The van der Waals surface area contributed by atoms with E-state index < -0.39 is 6.10 Å². The lowest BCUT2D eigenvalue weighted by atomic mass is 10.1. The number of likely N-dealkylation sites (tertiary alicyclic amines) is 1. The summed E-state index contributed by atoms with van der Waals surface area (Å²) in [7, 11) is 1.81. The average Bonchev–Trinajstić information content (AvgIpc) is 3.20. The van der Waals surface area contributed by atoms with Gasteiger partial charge < -0.3 is 10.0 Å². The number of likely N-dealkylation sites (N-methyl/N-ethyl adjacent to an activating group) is 1. The number of nitrogens with zero attached hydrogens (tertiary/aromatic N) is 4. The van der Waals surface area contributed by atoms with Crippen molar-refractivity contribution < 1.29 is 9.90 Å². The summed E-state index contributed by atoms with van der Waals surface area (Å²) < 4.78 is 1.74. The molecule has 128 valence electrons. The van der Waals surface area contributed by atoms with Crippen LogP contribution >= 0.6 is 0 Å². The topological polar surface area (TPSA) is 61.6 Å². The number of hydrogen-bond acceptors (Lipinski definition) is 4. The number of rotatable bonds is 4. The fourth-order valence-electron chi connectivity index (χ4n) is 4.09. The Morgan fingerprint density at radius 3 is 2.65 bits per heavy atom. The number of carbonyl (C=O) groups is 1. The van der Waals surface area contributed by atoms with Crippen LogP contribution in [-0.2, 0) is 11.3 Å². The minimum atomic E-state index is -0.442. The molecule has 1 saturated carbocycles. The average molecular weight is 320 g/mol. The fourth-order valence-corrected chi connectivity index (χ4v) is 4.09. The lowest BCUT2D eigenvalue weighted by Crippen LogP contribution is -2.49. The van der Waals surface area contributed by atoms with Crippen LogP contribution in [0.1, 0.15) is 37.1 Å². The molecule has 6 heteroatoms. The Hall–Kier alpha value is -1.40. The normalized spacial score (nSPS) is 28.4. The molecule has 1 aromatic rings. The fraction of sp³-hybridized carbons (Fsp3) is 0.765. The number of aromatic nitrogens is 2. The molecule has 1 saturated heterocycles. The number of amides is 1. The molecule has 3 atom stereocenters. The maximum absolute atomic E-state index is 12.6. The van der Waals surface area contributed by atoms with Crippen molar-refractivity contribution in [3.05, 3.63) is 17.5 Å². The molecule has 1 aliphatic carbocycles. The van der Waals surface area contributed by atoms with Crippen LogP contribution in [0.5, 0.6) is 0 Å². The van der Waals surface area contributed by atoms with E-state index in [0.717, 1.165) is 37.3 Å². The van der Waals surface area contributed by atoms with Crippen molar-refractivity contribution in [3.8, 4) is 0 Å². The van der Waals surface area contributed by atoms with Gasteiger partial charge in [-0.05, 0) is 58.7 Å². The van der Waals surface area contributed by atoms with E-state index in [1.54, 1.807) is 9.58 Å². The molecule has 1 amide bonds. The number of aryl methyl sites for hydroxylation is 2. The van der Waals surface area contributed by atoms with Gasteiger partial charge in [0.1, 0.15) is 6.54 Å². The van der Waals surface area contributed by atoms with Crippen LogP contribution in [0.15, 0.2) is 6.07 Å². The second-order valence-electron chi connectivity index (χ2n) is 7.04. The summed E-state index contributed by atoms with van der Waals surface area (Å²) in [6.07, 6.45) is 3.86. The van der Waals surface area contributed by atoms with Crippen molar-refractivity contribution in [2.45, 2.75) is 64.3 Å². The second-order valence-corrected chi connectivity index (χ2v) is 7.04. The van der Waals surface area contributed by atoms with E-state index in [1.165, 1.54) is 12.8 Å². The first-order valence-electron chi connectivity index (χ1n) is 8.66. The Balaban J connectivity index is 1.62. The zero-order valence-electron chi connectivity index (χ0n) is 14.4. The van der Waals surface area contributed by atoms with Crippen molar-refractivity contribution >= 4 is 5.91 Å². The molecule has 3 rings (SSSR count). The van der Waals surface area contributed by atoms with Gasteiger partial charge >= 0.3 is 0 Å². The zero-order valence-corrected chi connectivity index (χ0v) is 14.4. The van der Waals surface area contributed by atoms with Gasteiger partial charge in [-0.2, -0.15) is 5.10 Å². The highest BCUT2D eigenvalue weighted by molar-refractivity contribution is 5.76. The summed E-state index contributed by atoms with van der Waals surface area (Å²) in [6, 6.07) is 2.11. The third kappa shape index (κ3) is 3.28. The first-order chi connectivity index (χ1) is 11.0. The van der Waals surface area contributed by atoms with Crippen molar-refractivity contribution in [1.29, 1.82) is 0 Å². The first kappa shape index (κ1) is 16.5. The van der Waals surface area contributed by atoms with Crippen LogP contribution in [-0.4, -0.2) is 68.9 Å². The Morgan fingerprint density at radius 2 is 2.04 bits per heavy atom. The van der Waals surface area contributed by atoms with Crippen LogP contribution in [0.3, 0.4) is 0 Å². The number of hydrogen-bond donors (Lipinski definition) is 1. The highest BCUT2D eigenvalue weighted by atomic mass is 16.3. The standard InChI is InChI=1S/C17H28N4O2/c1-12-10-13(2)21(18-12)11-16(22)19(3)14-6-7-15(17(14)23)20-8-4-5-9-20/h10,14-15,17,23H,4-9,11H2,1-3H3/t14-,15-,17-/m1/s1. The van der Waals surface area contributed by atoms with Crippen molar-refractivity contribution in [2.24, 2.45) is 0 Å². The summed E-state index contributed by atoms with van der Waals surface area (Å²) in [5.74, 6) is 0.0160. The predicted octanol–water partition coefficient (Wildman–Crippen LogP) is 0.946. The van der Waals surface area contributed by atoms with Crippen LogP contribution in [0.4, 0.5) is 0 Å². The van der Waals surface area contributed by atoms with E-state index in [0.29, 0.717) is 0 Å². The van der Waals surface area contributed by atoms with Gasteiger partial charge in [-0.25, -0.2) is 0 Å². The van der Waals surface area contributed by atoms with Crippen molar-refractivity contribution in [2.75, 3.05) is 20.1 Å². The van der Waals surface area contributed by atoms with Crippen molar-refractivity contribution in [1.82, 2.24) is 19.6 Å². The number of aliphatic hydroxyl groups is 1. The summed E-state index contributed by atoms with van der Waals surface area (Å²) in [6.45, 7) is 6.30. The first-order valence-corrected chi connectivity index (χ1v) is 8.66. The van der Waals surface area contributed by atoms with Gasteiger partial charge in [-0.3, -0.25) is 14.4 Å². The summed E-state index contributed by atoms with van der Waals surface area (Å²) in [4.78, 5) is 16.7. The summed E-state index contributed by atoms with van der Waals surface area (Å²) >= 11 is 0. The molecular weight excluding hydrogens is 292 g/mol. The molecule has 0 aromatic carbocycles. The van der Waals surface area contributed by atoms with Gasteiger partial charge in [0.15, 0.2) is 0 Å². The van der Waals surface area contributed by atoms with Crippen LogP contribution in [0, 0.1) is 13.8 Å². The van der Waals surface area contributed by atoms with Gasteiger partial charge in [-0.1, -0.05) is 0 Å². The highest BCUT2D eigenvalue weighted by Crippen LogP contribution is 2.30. The van der Waals surface area contributed by atoms with Crippen LogP contribution in [0.25, 0.3) is 0 Å². The molecule has 2 fully saturated rings. The molecule has 0 spiro atoms. The minimum absolute atomic E-state index is 0.0160. The number of carbonyl (C=O) groups excluding carboxylic acids is 1. The Bertz CT molecular complexity index is 565. The molecule has 23 heavy (non-hydrogen) atoms. The molecule has 1 aliphatic heterocycles. The maximum Gasteiger partial charge on any atom is 0.244 e. The van der Waals surface area contributed by atoms with Crippen LogP contribution in [0.2, 0.25) is 0 Å². The molecule has 2 heterocycles. The van der Waals surface area contributed by atoms with Gasteiger partial charge in [-0.15, -0.1) is 0 Å². The second kappa shape index (κ2) is 6.61. The monoisotopic (exact) mass is 320 g/mol. The highest BCUT2D eigenvalue weighted by Gasteiger charge is 2.41. The molecule has 2 aliphatic rings. The van der Waals surface area contributed by atoms with Gasteiger partial charge in [0.2, 0.25) is 5.91 Å². The lowest BCUT2D eigenvalue weighted by Gasteiger charge is -2.32.